The normalized spacial score (nSPS) is 10.4. The van der Waals surface area contributed by atoms with Crippen LogP contribution in [-0.4, -0.2) is 24.8 Å². The van der Waals surface area contributed by atoms with E-state index in [9.17, 15) is 0 Å². The van der Waals surface area contributed by atoms with E-state index in [2.05, 4.69) is 11.9 Å². The lowest BCUT2D eigenvalue weighted by Crippen LogP contribution is -2.10. The predicted molar refractivity (Wildman–Crippen MR) is 63.4 cm³/mol. The highest BCUT2D eigenvalue weighted by atomic mass is 16.5. The van der Waals surface area contributed by atoms with Gasteiger partial charge in [0.2, 0.25) is 5.88 Å². The molecule has 4 heteroatoms. The zero-order valence-electron chi connectivity index (χ0n) is 9.82. The first kappa shape index (κ1) is 12.9. The van der Waals surface area contributed by atoms with Crippen LogP contribution in [-0.2, 0) is 11.3 Å². The van der Waals surface area contributed by atoms with Crippen molar-refractivity contribution in [1.29, 1.82) is 0 Å². The van der Waals surface area contributed by atoms with Crippen LogP contribution in [0.2, 0.25) is 0 Å². The van der Waals surface area contributed by atoms with E-state index in [0.29, 0.717) is 25.6 Å². The van der Waals surface area contributed by atoms with Crippen LogP contribution in [0.25, 0.3) is 0 Å². The summed E-state index contributed by atoms with van der Waals surface area (Å²) in [5, 5.41) is 0. The minimum Gasteiger partial charge on any atom is -0.475 e. The lowest BCUT2D eigenvalue weighted by molar-refractivity contribution is 0.0961. The molecule has 0 unspecified atom stereocenters. The maximum atomic E-state index is 5.57. The Hall–Kier alpha value is -1.13. The van der Waals surface area contributed by atoms with Gasteiger partial charge in [-0.2, -0.15) is 0 Å². The zero-order chi connectivity index (χ0) is 11.6. The molecule has 0 radical (unpaired) electrons. The number of pyridine rings is 1. The van der Waals surface area contributed by atoms with E-state index in [-0.39, 0.29) is 0 Å². The summed E-state index contributed by atoms with van der Waals surface area (Å²) in [5.41, 5.74) is 6.50. The van der Waals surface area contributed by atoms with Gasteiger partial charge in [0.05, 0.1) is 6.61 Å². The molecule has 1 aromatic heterocycles. The minimum atomic E-state index is 0.444. The van der Waals surface area contributed by atoms with E-state index in [1.54, 1.807) is 6.20 Å². The average Bonchev–Trinajstić information content (AvgIpc) is 2.34. The summed E-state index contributed by atoms with van der Waals surface area (Å²) in [6, 6.07) is 3.77. The maximum absolute atomic E-state index is 5.57. The standard InChI is InChI=1S/C12H20N2O2/c1-2-3-7-15-8-9-16-12-11(10-13)5-4-6-14-12/h4-6H,2-3,7-10,13H2,1H3. The lowest BCUT2D eigenvalue weighted by atomic mass is 10.3. The number of nitrogens with zero attached hydrogens (tertiary/aromatic N) is 1. The van der Waals surface area contributed by atoms with Crippen LogP contribution < -0.4 is 10.5 Å². The third kappa shape index (κ3) is 4.59. The van der Waals surface area contributed by atoms with Gasteiger partial charge < -0.3 is 15.2 Å². The van der Waals surface area contributed by atoms with Crippen molar-refractivity contribution >= 4 is 0 Å². The van der Waals surface area contributed by atoms with E-state index < -0.39 is 0 Å². The van der Waals surface area contributed by atoms with Gasteiger partial charge in [0.1, 0.15) is 6.61 Å². The van der Waals surface area contributed by atoms with Crippen molar-refractivity contribution in [3.05, 3.63) is 23.9 Å². The van der Waals surface area contributed by atoms with Crippen molar-refractivity contribution in [3.63, 3.8) is 0 Å². The Morgan fingerprint density at radius 2 is 2.19 bits per heavy atom. The van der Waals surface area contributed by atoms with Crippen molar-refractivity contribution in [2.24, 2.45) is 5.73 Å². The fourth-order valence-electron chi connectivity index (χ4n) is 1.26. The molecule has 0 saturated heterocycles. The van der Waals surface area contributed by atoms with E-state index >= 15 is 0 Å². The van der Waals surface area contributed by atoms with Gasteiger partial charge >= 0.3 is 0 Å². The summed E-state index contributed by atoms with van der Waals surface area (Å²) in [6.45, 7) is 4.50. The Kier molecular flexibility index (Phi) is 6.53. The summed E-state index contributed by atoms with van der Waals surface area (Å²) in [4.78, 5) is 4.13. The smallest absolute Gasteiger partial charge is 0.217 e. The van der Waals surface area contributed by atoms with Crippen LogP contribution in [0, 0.1) is 0 Å². The van der Waals surface area contributed by atoms with Crippen LogP contribution in [0.3, 0.4) is 0 Å². The second kappa shape index (κ2) is 8.07. The first-order valence-electron chi connectivity index (χ1n) is 5.73. The fourth-order valence-corrected chi connectivity index (χ4v) is 1.26. The molecule has 0 atom stereocenters. The second-order valence-corrected chi connectivity index (χ2v) is 3.49. The molecule has 0 bridgehead atoms. The van der Waals surface area contributed by atoms with Crippen molar-refractivity contribution in [2.75, 3.05) is 19.8 Å². The van der Waals surface area contributed by atoms with E-state index in [4.69, 9.17) is 15.2 Å². The third-order valence-electron chi connectivity index (χ3n) is 2.18. The van der Waals surface area contributed by atoms with Crippen molar-refractivity contribution in [3.8, 4) is 5.88 Å². The molecule has 0 aliphatic rings. The summed E-state index contributed by atoms with van der Waals surface area (Å²) in [6.07, 6.45) is 3.95. The largest absolute Gasteiger partial charge is 0.475 e. The molecular formula is C12H20N2O2. The molecule has 0 amide bonds. The predicted octanol–water partition coefficient (Wildman–Crippen LogP) is 1.74. The molecular weight excluding hydrogens is 204 g/mol. The van der Waals surface area contributed by atoms with Gasteiger partial charge in [0.15, 0.2) is 0 Å². The SMILES string of the molecule is CCCCOCCOc1ncccc1CN. The van der Waals surface area contributed by atoms with Crippen LogP contribution >= 0.6 is 0 Å². The molecule has 0 fully saturated rings. The number of hydrogen-bond acceptors (Lipinski definition) is 4. The molecule has 90 valence electrons. The Morgan fingerprint density at radius 3 is 2.94 bits per heavy atom. The highest BCUT2D eigenvalue weighted by Crippen LogP contribution is 2.12. The van der Waals surface area contributed by atoms with Crippen molar-refractivity contribution in [1.82, 2.24) is 4.98 Å². The van der Waals surface area contributed by atoms with Gasteiger partial charge in [-0.15, -0.1) is 0 Å². The Balaban J connectivity index is 2.21. The average molecular weight is 224 g/mol. The summed E-state index contributed by atoms with van der Waals surface area (Å²) in [5.74, 6) is 0.615. The van der Waals surface area contributed by atoms with Crippen LogP contribution in [0.1, 0.15) is 25.3 Å². The second-order valence-electron chi connectivity index (χ2n) is 3.49. The number of nitrogens with two attached hydrogens (primary N) is 1. The van der Waals surface area contributed by atoms with Crippen LogP contribution in [0.15, 0.2) is 18.3 Å². The fraction of sp³-hybridized carbons (Fsp3) is 0.583. The highest BCUT2D eigenvalue weighted by molar-refractivity contribution is 5.24. The Labute approximate surface area is 96.8 Å². The molecule has 16 heavy (non-hydrogen) atoms. The van der Waals surface area contributed by atoms with Crippen molar-refractivity contribution in [2.45, 2.75) is 26.3 Å². The van der Waals surface area contributed by atoms with Gasteiger partial charge in [-0.05, 0) is 12.5 Å². The minimum absolute atomic E-state index is 0.444. The lowest BCUT2D eigenvalue weighted by Gasteiger charge is -2.08. The summed E-state index contributed by atoms with van der Waals surface area (Å²) in [7, 11) is 0. The third-order valence-corrected chi connectivity index (χ3v) is 2.18. The van der Waals surface area contributed by atoms with Gasteiger partial charge in [-0.25, -0.2) is 4.98 Å². The monoisotopic (exact) mass is 224 g/mol. The topological polar surface area (TPSA) is 57.4 Å². The van der Waals surface area contributed by atoms with Gasteiger partial charge in [0.25, 0.3) is 0 Å². The molecule has 0 aliphatic carbocycles. The molecule has 0 spiro atoms. The number of hydrogen-bond donors (Lipinski definition) is 1. The maximum Gasteiger partial charge on any atom is 0.217 e. The summed E-state index contributed by atoms with van der Waals surface area (Å²) < 4.78 is 10.9. The first-order chi connectivity index (χ1) is 7.88. The number of aromatic nitrogens is 1. The Bertz CT molecular complexity index is 292. The molecule has 1 rings (SSSR count). The Morgan fingerprint density at radius 1 is 1.31 bits per heavy atom. The van der Waals surface area contributed by atoms with E-state index in [0.717, 1.165) is 25.0 Å². The number of rotatable bonds is 8. The first-order valence-corrected chi connectivity index (χ1v) is 5.73. The van der Waals surface area contributed by atoms with Crippen molar-refractivity contribution < 1.29 is 9.47 Å². The quantitative estimate of drug-likeness (QED) is 0.683. The molecule has 0 saturated carbocycles. The molecule has 1 heterocycles. The van der Waals surface area contributed by atoms with Gasteiger partial charge in [0, 0.05) is 24.9 Å². The zero-order valence-corrected chi connectivity index (χ0v) is 9.82. The van der Waals surface area contributed by atoms with Gasteiger partial charge in [-0.1, -0.05) is 19.4 Å². The molecule has 1 aromatic rings. The number of ether oxygens (including phenoxy) is 2. The van der Waals surface area contributed by atoms with E-state index in [1.807, 2.05) is 12.1 Å². The molecule has 2 N–H and O–H groups in total. The molecule has 0 aliphatic heterocycles. The number of unbranched alkanes of at least 4 members (excludes halogenated alkanes) is 1. The molecule has 4 nitrogen and oxygen atoms in total. The van der Waals surface area contributed by atoms with Crippen LogP contribution in [0.5, 0.6) is 5.88 Å². The molecule has 0 aromatic carbocycles. The van der Waals surface area contributed by atoms with Gasteiger partial charge in [-0.3, -0.25) is 0 Å². The highest BCUT2D eigenvalue weighted by Gasteiger charge is 2.01. The summed E-state index contributed by atoms with van der Waals surface area (Å²) >= 11 is 0. The van der Waals surface area contributed by atoms with E-state index in [1.165, 1.54) is 0 Å². The van der Waals surface area contributed by atoms with Crippen LogP contribution in [0.4, 0.5) is 0 Å².